The van der Waals surface area contributed by atoms with Crippen molar-refractivity contribution >= 4 is 5.97 Å². The normalized spacial score (nSPS) is 11.0. The second-order valence-electron chi connectivity index (χ2n) is 4.82. The molecule has 0 aliphatic heterocycles. The smallest absolute Gasteiger partial charge is 0.305 e. The Bertz CT molecular complexity index is 209. The van der Waals surface area contributed by atoms with Crippen LogP contribution in [0.3, 0.4) is 0 Å². The Labute approximate surface area is 113 Å². The molecule has 2 nitrogen and oxygen atoms in total. The van der Waals surface area contributed by atoms with Crippen LogP contribution in [0.4, 0.5) is 0 Å². The zero-order valence-corrected chi connectivity index (χ0v) is 12.2. The first kappa shape index (κ1) is 17.2. The van der Waals surface area contributed by atoms with Crippen molar-refractivity contribution in [3.05, 3.63) is 12.2 Å². The molecule has 0 aliphatic carbocycles. The SMILES string of the molecule is CCC=CCCCCCCCCCCC(=O)OC. The van der Waals surface area contributed by atoms with Crippen molar-refractivity contribution in [2.24, 2.45) is 0 Å². The van der Waals surface area contributed by atoms with Crippen molar-refractivity contribution < 1.29 is 9.53 Å². The summed E-state index contributed by atoms with van der Waals surface area (Å²) in [6, 6.07) is 0. The standard InChI is InChI=1S/C16H30O2/c1-3-4-5-6-7-8-9-10-11-12-13-14-15-16(17)18-2/h4-5H,3,6-15H2,1-2H3. The number of carbonyl (C=O) groups is 1. The van der Waals surface area contributed by atoms with Crippen LogP contribution in [0.15, 0.2) is 12.2 Å². The Morgan fingerprint density at radius 3 is 2.00 bits per heavy atom. The molecule has 0 saturated heterocycles. The molecule has 0 atom stereocenters. The van der Waals surface area contributed by atoms with Gasteiger partial charge >= 0.3 is 5.97 Å². The number of esters is 1. The minimum Gasteiger partial charge on any atom is -0.469 e. The predicted molar refractivity (Wildman–Crippen MR) is 77.6 cm³/mol. The second-order valence-corrected chi connectivity index (χ2v) is 4.82. The Hall–Kier alpha value is -0.790. The molecule has 0 aromatic heterocycles. The molecule has 0 heterocycles. The molecule has 0 amide bonds. The van der Waals surface area contributed by atoms with E-state index in [4.69, 9.17) is 0 Å². The lowest BCUT2D eigenvalue weighted by Gasteiger charge is -2.01. The third-order valence-electron chi connectivity index (χ3n) is 3.13. The van der Waals surface area contributed by atoms with Crippen LogP contribution in [0, 0.1) is 0 Å². The molecule has 0 aliphatic rings. The minimum atomic E-state index is -0.0740. The summed E-state index contributed by atoms with van der Waals surface area (Å²) in [7, 11) is 1.46. The summed E-state index contributed by atoms with van der Waals surface area (Å²) in [5.41, 5.74) is 0. The first-order chi connectivity index (χ1) is 8.81. The lowest BCUT2D eigenvalue weighted by molar-refractivity contribution is -0.140. The van der Waals surface area contributed by atoms with Crippen LogP contribution >= 0.6 is 0 Å². The summed E-state index contributed by atoms with van der Waals surface area (Å²) < 4.78 is 4.61. The van der Waals surface area contributed by atoms with Crippen molar-refractivity contribution in [2.75, 3.05) is 7.11 Å². The maximum atomic E-state index is 10.9. The van der Waals surface area contributed by atoms with Gasteiger partial charge in [0, 0.05) is 6.42 Å². The molecule has 0 saturated carbocycles. The third-order valence-corrected chi connectivity index (χ3v) is 3.13. The zero-order valence-electron chi connectivity index (χ0n) is 12.2. The molecule has 0 radical (unpaired) electrons. The zero-order chi connectivity index (χ0) is 13.5. The number of methoxy groups -OCH3 is 1. The Morgan fingerprint density at radius 1 is 0.889 bits per heavy atom. The van der Waals surface area contributed by atoms with E-state index in [1.165, 1.54) is 52.1 Å². The van der Waals surface area contributed by atoms with Crippen LogP contribution < -0.4 is 0 Å². The molecule has 106 valence electrons. The molecule has 2 heteroatoms. The van der Waals surface area contributed by atoms with Crippen molar-refractivity contribution in [2.45, 2.75) is 77.6 Å². The molecule has 0 spiro atoms. The lowest BCUT2D eigenvalue weighted by atomic mass is 10.1. The number of ether oxygens (including phenoxy) is 1. The lowest BCUT2D eigenvalue weighted by Crippen LogP contribution is -1.99. The van der Waals surface area contributed by atoms with E-state index in [1.54, 1.807) is 0 Å². The molecule has 0 rings (SSSR count). The van der Waals surface area contributed by atoms with Gasteiger partial charge in [0.2, 0.25) is 0 Å². The summed E-state index contributed by atoms with van der Waals surface area (Å²) in [6.07, 6.45) is 17.6. The summed E-state index contributed by atoms with van der Waals surface area (Å²) in [5.74, 6) is -0.0740. The van der Waals surface area contributed by atoms with E-state index in [1.807, 2.05) is 0 Å². The highest BCUT2D eigenvalue weighted by Gasteiger charge is 1.98. The van der Waals surface area contributed by atoms with Crippen molar-refractivity contribution in [1.29, 1.82) is 0 Å². The Kier molecular flexibility index (Phi) is 13.6. The summed E-state index contributed by atoms with van der Waals surface area (Å²) in [6.45, 7) is 2.18. The largest absolute Gasteiger partial charge is 0.469 e. The number of hydrogen-bond donors (Lipinski definition) is 0. The van der Waals surface area contributed by atoms with Crippen LogP contribution in [0.5, 0.6) is 0 Å². The summed E-state index contributed by atoms with van der Waals surface area (Å²) >= 11 is 0. The van der Waals surface area contributed by atoms with E-state index in [0.29, 0.717) is 6.42 Å². The predicted octanol–water partition coefficient (Wildman–Crippen LogP) is 5.03. The minimum absolute atomic E-state index is 0.0740. The van der Waals surface area contributed by atoms with Gasteiger partial charge < -0.3 is 4.74 Å². The van der Waals surface area contributed by atoms with Crippen LogP contribution in [0.2, 0.25) is 0 Å². The van der Waals surface area contributed by atoms with Gasteiger partial charge in [-0.3, -0.25) is 4.79 Å². The quantitative estimate of drug-likeness (QED) is 0.277. The number of hydrogen-bond acceptors (Lipinski definition) is 2. The maximum Gasteiger partial charge on any atom is 0.305 e. The first-order valence-electron chi connectivity index (χ1n) is 7.53. The number of carbonyl (C=O) groups excluding carboxylic acids is 1. The first-order valence-corrected chi connectivity index (χ1v) is 7.53. The van der Waals surface area contributed by atoms with E-state index < -0.39 is 0 Å². The maximum absolute atomic E-state index is 10.9. The molecule has 0 fully saturated rings. The molecule has 0 N–H and O–H groups in total. The second kappa shape index (κ2) is 14.3. The average molecular weight is 254 g/mol. The average Bonchev–Trinajstić information content (AvgIpc) is 2.39. The number of unbranched alkanes of at least 4 members (excludes halogenated alkanes) is 8. The van der Waals surface area contributed by atoms with Crippen LogP contribution in [0.25, 0.3) is 0 Å². The molecule has 18 heavy (non-hydrogen) atoms. The third kappa shape index (κ3) is 13.3. The fourth-order valence-electron chi connectivity index (χ4n) is 1.98. The van der Waals surface area contributed by atoms with Crippen molar-refractivity contribution in [1.82, 2.24) is 0 Å². The van der Waals surface area contributed by atoms with Crippen molar-refractivity contribution in [3.63, 3.8) is 0 Å². The highest BCUT2D eigenvalue weighted by molar-refractivity contribution is 5.68. The summed E-state index contributed by atoms with van der Waals surface area (Å²) in [4.78, 5) is 10.9. The summed E-state index contributed by atoms with van der Waals surface area (Å²) in [5, 5.41) is 0. The van der Waals surface area contributed by atoms with E-state index in [9.17, 15) is 4.79 Å². The van der Waals surface area contributed by atoms with Gasteiger partial charge in [-0.25, -0.2) is 0 Å². The number of rotatable bonds is 12. The topological polar surface area (TPSA) is 26.3 Å². The Balaban J connectivity index is 3.03. The molecular formula is C16H30O2. The van der Waals surface area contributed by atoms with Crippen molar-refractivity contribution in [3.8, 4) is 0 Å². The van der Waals surface area contributed by atoms with Crippen LogP contribution in [-0.4, -0.2) is 13.1 Å². The van der Waals surface area contributed by atoms with Gasteiger partial charge in [0.25, 0.3) is 0 Å². The van der Waals surface area contributed by atoms with Crippen LogP contribution in [0.1, 0.15) is 77.6 Å². The monoisotopic (exact) mass is 254 g/mol. The fourth-order valence-corrected chi connectivity index (χ4v) is 1.98. The molecule has 0 aromatic rings. The van der Waals surface area contributed by atoms with E-state index in [-0.39, 0.29) is 5.97 Å². The van der Waals surface area contributed by atoms with Gasteiger partial charge in [0.15, 0.2) is 0 Å². The van der Waals surface area contributed by atoms with Gasteiger partial charge in [-0.15, -0.1) is 0 Å². The van der Waals surface area contributed by atoms with Gasteiger partial charge in [-0.1, -0.05) is 57.6 Å². The highest BCUT2D eigenvalue weighted by Crippen LogP contribution is 2.11. The Morgan fingerprint density at radius 2 is 1.44 bits per heavy atom. The molecule has 0 aromatic carbocycles. The highest BCUT2D eigenvalue weighted by atomic mass is 16.5. The van der Waals surface area contributed by atoms with Gasteiger partial charge in [0.1, 0.15) is 0 Å². The molecule has 0 bridgehead atoms. The van der Waals surface area contributed by atoms with Gasteiger partial charge in [-0.05, 0) is 25.7 Å². The molecule has 0 unspecified atom stereocenters. The van der Waals surface area contributed by atoms with E-state index in [0.717, 1.165) is 19.3 Å². The number of allylic oxidation sites excluding steroid dienone is 2. The van der Waals surface area contributed by atoms with Crippen LogP contribution in [-0.2, 0) is 9.53 Å². The van der Waals surface area contributed by atoms with Gasteiger partial charge in [0.05, 0.1) is 7.11 Å². The van der Waals surface area contributed by atoms with E-state index >= 15 is 0 Å². The fraction of sp³-hybridized carbons (Fsp3) is 0.812. The molecular weight excluding hydrogens is 224 g/mol. The van der Waals surface area contributed by atoms with Gasteiger partial charge in [-0.2, -0.15) is 0 Å². The van der Waals surface area contributed by atoms with E-state index in [2.05, 4.69) is 23.8 Å².